The third kappa shape index (κ3) is 9.55. The summed E-state index contributed by atoms with van der Waals surface area (Å²) in [6.45, 7) is 5.24. The molecule has 0 aliphatic heterocycles. The predicted molar refractivity (Wildman–Crippen MR) is 313 cm³/mol. The van der Waals surface area contributed by atoms with E-state index in [-0.39, 0.29) is 19.7 Å². The van der Waals surface area contributed by atoms with Crippen LogP contribution in [0.4, 0.5) is 0 Å². The molecule has 7 aromatic carbocycles. The standard InChI is InChI=1S/C35H34O2.C20H18Br2.C8H11BO3.CH4.2N2.H2/c1-3-37-29-14-8-25(9-15-29)27-11-17-31-30-16-10-26(24-6-12-28(36-2)13-7-24)22-32(30)34-18-4-20-35(34,21-5-19-34)33(31)23-27;21-13-3-5-15-16-6-4-14(22)12-18(16)20-8-1-7-19(20,9-2-10-20)17(15)11-13;1-2-12-8-5-3-7(4-6-8)9(10)11;;2*1-2;/h6-17,22-23H,3-5,18-21H2,1-2H3;3-6,11-12H,1-2,7-10H2;3-6,10-11H,2H2,1H3;1H4;;;1H. The van der Waals surface area contributed by atoms with Gasteiger partial charge in [0.05, 0.1) is 20.3 Å². The molecule has 0 saturated heterocycles. The lowest BCUT2D eigenvalue weighted by Crippen LogP contribution is -2.43. The van der Waals surface area contributed by atoms with Gasteiger partial charge in [-0.05, 0) is 210 Å². The third-order valence-electron chi connectivity index (χ3n) is 17.7. The topological polar surface area (TPSA) is 163 Å². The van der Waals surface area contributed by atoms with E-state index in [1.165, 1.54) is 131 Å². The molecular formula is C64H69BBr2N4O5. The van der Waals surface area contributed by atoms with Crippen molar-refractivity contribution >= 4 is 44.4 Å². The molecular weight excluding hydrogens is 1080 g/mol. The second-order valence-electron chi connectivity index (χ2n) is 20.7. The minimum Gasteiger partial charge on any atom is -0.497 e. The number of nitrogens with zero attached hydrogens (tertiary/aromatic N) is 4. The largest absolute Gasteiger partial charge is 0.497 e. The minimum absolute atomic E-state index is 0. The molecule has 0 spiro atoms. The van der Waals surface area contributed by atoms with Crippen molar-refractivity contribution in [2.75, 3.05) is 20.3 Å². The highest BCUT2D eigenvalue weighted by Gasteiger charge is 2.63. The van der Waals surface area contributed by atoms with E-state index in [2.05, 4.69) is 153 Å². The van der Waals surface area contributed by atoms with Crippen molar-refractivity contribution in [3.63, 3.8) is 0 Å². The van der Waals surface area contributed by atoms with Gasteiger partial charge in [0.15, 0.2) is 0 Å². The molecule has 4 saturated carbocycles. The normalized spacial score (nSPS) is 21.9. The summed E-state index contributed by atoms with van der Waals surface area (Å²) in [5.41, 5.74) is 19.2. The number of benzene rings is 7. The van der Waals surface area contributed by atoms with Crippen LogP contribution >= 0.6 is 31.9 Å². The molecule has 6 aliphatic rings. The van der Waals surface area contributed by atoms with Gasteiger partial charge < -0.3 is 24.3 Å². The van der Waals surface area contributed by atoms with Crippen molar-refractivity contribution in [3.05, 3.63) is 177 Å². The summed E-state index contributed by atoms with van der Waals surface area (Å²) in [6.07, 6.45) is 16.1. The zero-order valence-corrected chi connectivity index (χ0v) is 46.2. The number of rotatable bonds is 8. The monoisotopic (exact) mass is 1140 g/mol. The van der Waals surface area contributed by atoms with Gasteiger partial charge in [-0.1, -0.05) is 138 Å². The maximum absolute atomic E-state index is 8.76. The van der Waals surface area contributed by atoms with Gasteiger partial charge >= 0.3 is 7.12 Å². The van der Waals surface area contributed by atoms with Gasteiger partial charge in [0.25, 0.3) is 0 Å². The molecule has 0 radical (unpaired) electrons. The molecule has 2 N–H and O–H groups in total. The van der Waals surface area contributed by atoms with Crippen LogP contribution in [-0.4, -0.2) is 37.5 Å². The lowest BCUT2D eigenvalue weighted by molar-refractivity contribution is 0.299. The summed E-state index contributed by atoms with van der Waals surface area (Å²) in [5, 5.41) is 41.5. The quantitative estimate of drug-likeness (QED) is 0.111. The van der Waals surface area contributed by atoms with Crippen LogP contribution < -0.4 is 19.7 Å². The van der Waals surface area contributed by atoms with Gasteiger partial charge in [-0.15, -0.1) is 0 Å². The van der Waals surface area contributed by atoms with E-state index < -0.39 is 7.12 Å². The summed E-state index contributed by atoms with van der Waals surface area (Å²) < 4.78 is 18.7. The van der Waals surface area contributed by atoms with Crippen molar-refractivity contribution in [1.29, 1.82) is 21.6 Å². The summed E-state index contributed by atoms with van der Waals surface area (Å²) >= 11 is 7.45. The molecule has 6 aliphatic carbocycles. The first-order valence-corrected chi connectivity index (χ1v) is 27.9. The Morgan fingerprint density at radius 2 is 0.724 bits per heavy atom. The fourth-order valence-corrected chi connectivity index (χ4v) is 15.6. The van der Waals surface area contributed by atoms with Gasteiger partial charge in [-0.3, -0.25) is 0 Å². The fraction of sp³-hybridized carbons (Fsp3) is 0.344. The van der Waals surface area contributed by atoms with Crippen LogP contribution in [0.2, 0.25) is 0 Å². The van der Waals surface area contributed by atoms with Crippen molar-refractivity contribution in [3.8, 4) is 61.8 Å². The summed E-state index contributed by atoms with van der Waals surface area (Å²) in [4.78, 5) is 0. The molecule has 0 heterocycles. The average molecular weight is 1140 g/mol. The lowest BCUT2D eigenvalue weighted by atomic mass is 9.55. The Balaban J connectivity index is 0.000000182. The molecule has 392 valence electrons. The number of hydrogen-bond donors (Lipinski definition) is 2. The van der Waals surface area contributed by atoms with Crippen LogP contribution in [0.15, 0.2) is 155 Å². The first kappa shape index (κ1) is 55.9. The van der Waals surface area contributed by atoms with Crippen LogP contribution in [0, 0.1) is 21.6 Å². The summed E-state index contributed by atoms with van der Waals surface area (Å²) in [7, 11) is 0.326. The second-order valence-corrected chi connectivity index (χ2v) is 22.5. The van der Waals surface area contributed by atoms with Crippen molar-refractivity contribution < 1.29 is 25.7 Å². The maximum atomic E-state index is 8.76. The van der Waals surface area contributed by atoms with Crippen LogP contribution in [0.25, 0.3) is 44.5 Å². The smallest absolute Gasteiger partial charge is 0.488 e. The molecule has 12 heteroatoms. The zero-order valence-electron chi connectivity index (χ0n) is 43.0. The zero-order chi connectivity index (χ0) is 53.0. The highest BCUT2D eigenvalue weighted by molar-refractivity contribution is 9.10. The van der Waals surface area contributed by atoms with Gasteiger partial charge in [-0.2, -0.15) is 0 Å². The number of methoxy groups -OCH3 is 1. The molecule has 4 fully saturated rings. The third-order valence-corrected chi connectivity index (χ3v) is 18.7. The Morgan fingerprint density at radius 1 is 0.434 bits per heavy atom. The van der Waals surface area contributed by atoms with Gasteiger partial charge in [0.1, 0.15) is 17.2 Å². The number of halogens is 2. The Labute approximate surface area is 467 Å². The van der Waals surface area contributed by atoms with Gasteiger partial charge in [0.2, 0.25) is 0 Å². The predicted octanol–water partition coefficient (Wildman–Crippen LogP) is 16.4. The SMILES string of the molecule is Brc1ccc2c(c1)C13CCCC1(CCC3)c1cc(Br)ccc1-2.C.CCOc1ccc(-c2ccc3c(c2)C24CCCC2(CCC4)c2cc(-c4ccc(OC)cc4)ccc2-3)cc1.CCOc1ccc(B(O)O)cc1.N#N.N#N.[HH]. The molecule has 76 heavy (non-hydrogen) atoms. The summed E-state index contributed by atoms with van der Waals surface area (Å²) in [5.74, 6) is 2.58. The van der Waals surface area contributed by atoms with Crippen LogP contribution in [0.1, 0.15) is 122 Å². The number of fused-ring (bicyclic) bond motifs is 6. The van der Waals surface area contributed by atoms with E-state index in [0.29, 0.717) is 29.5 Å². The van der Waals surface area contributed by atoms with Gasteiger partial charge in [0, 0.05) is 53.6 Å². The van der Waals surface area contributed by atoms with Crippen LogP contribution in [-0.2, 0) is 21.7 Å². The van der Waals surface area contributed by atoms with Gasteiger partial charge in [-0.25, -0.2) is 0 Å². The molecule has 7 aromatic rings. The Bertz CT molecular complexity index is 3110. The number of ether oxygens (including phenoxy) is 3. The molecule has 0 bridgehead atoms. The Morgan fingerprint density at radius 3 is 1.04 bits per heavy atom. The van der Waals surface area contributed by atoms with Crippen LogP contribution in [0.5, 0.6) is 17.2 Å². The van der Waals surface area contributed by atoms with E-state index in [1.54, 1.807) is 53.6 Å². The lowest BCUT2D eigenvalue weighted by Gasteiger charge is -2.48. The molecule has 0 unspecified atom stereocenters. The van der Waals surface area contributed by atoms with E-state index in [9.17, 15) is 0 Å². The Kier molecular flexibility index (Phi) is 17.3. The minimum atomic E-state index is -1.40. The molecule has 0 atom stereocenters. The van der Waals surface area contributed by atoms with Crippen molar-refractivity contribution in [2.24, 2.45) is 0 Å². The number of hydrogen-bond acceptors (Lipinski definition) is 9. The Hall–Kier alpha value is -6.28. The van der Waals surface area contributed by atoms with Crippen LogP contribution in [0.3, 0.4) is 0 Å². The second kappa shape index (κ2) is 23.5. The van der Waals surface area contributed by atoms with E-state index in [0.717, 1.165) is 17.2 Å². The highest BCUT2D eigenvalue weighted by Crippen LogP contribution is 2.71. The first-order chi connectivity index (χ1) is 36.6. The van der Waals surface area contributed by atoms with Crippen molar-refractivity contribution in [2.45, 2.75) is 120 Å². The van der Waals surface area contributed by atoms with E-state index in [4.69, 9.17) is 45.8 Å². The van der Waals surface area contributed by atoms with Crippen molar-refractivity contribution in [1.82, 2.24) is 0 Å². The molecule has 0 amide bonds. The summed E-state index contributed by atoms with van der Waals surface area (Å²) in [6, 6.07) is 52.2. The van der Waals surface area contributed by atoms with E-state index in [1.807, 2.05) is 13.8 Å². The maximum Gasteiger partial charge on any atom is 0.488 e. The molecule has 0 aromatic heterocycles. The first-order valence-electron chi connectivity index (χ1n) is 26.3. The average Bonchev–Trinajstić information content (AvgIpc) is 4.45. The van der Waals surface area contributed by atoms with E-state index >= 15 is 0 Å². The molecule has 9 nitrogen and oxygen atoms in total. The molecule has 13 rings (SSSR count). The fourth-order valence-electron chi connectivity index (χ4n) is 14.9. The highest BCUT2D eigenvalue weighted by atomic mass is 79.9.